The lowest BCUT2D eigenvalue weighted by molar-refractivity contribution is 0.000444. The van der Waals surface area contributed by atoms with E-state index in [1.807, 2.05) is 10.9 Å². The Morgan fingerprint density at radius 2 is 2.35 bits per heavy atom. The van der Waals surface area contributed by atoms with Crippen LogP contribution in [0.2, 0.25) is 0 Å². The SMILES string of the molecule is CC(C)n1ccc(CC(N)C2CCCCO2)n1. The van der Waals surface area contributed by atoms with Gasteiger partial charge in [-0.3, -0.25) is 4.68 Å². The first kappa shape index (κ1) is 12.6. The Balaban J connectivity index is 1.90. The van der Waals surface area contributed by atoms with Gasteiger partial charge >= 0.3 is 0 Å². The Morgan fingerprint density at radius 1 is 1.53 bits per heavy atom. The van der Waals surface area contributed by atoms with Crippen LogP contribution in [0, 0.1) is 0 Å². The van der Waals surface area contributed by atoms with Gasteiger partial charge in [0, 0.05) is 31.3 Å². The standard InChI is InChI=1S/C13H23N3O/c1-10(2)16-7-6-11(15-16)9-12(14)13-5-3-4-8-17-13/h6-7,10,12-13H,3-5,8-9,14H2,1-2H3. The van der Waals surface area contributed by atoms with E-state index in [4.69, 9.17) is 10.5 Å². The van der Waals surface area contributed by atoms with Gasteiger partial charge in [-0.05, 0) is 39.2 Å². The van der Waals surface area contributed by atoms with Gasteiger partial charge in [0.1, 0.15) is 0 Å². The Kier molecular flexibility index (Phi) is 4.18. The smallest absolute Gasteiger partial charge is 0.0729 e. The monoisotopic (exact) mass is 237 g/mol. The number of hydrogen-bond acceptors (Lipinski definition) is 3. The van der Waals surface area contributed by atoms with E-state index in [-0.39, 0.29) is 12.1 Å². The summed E-state index contributed by atoms with van der Waals surface area (Å²) in [6.45, 7) is 5.11. The van der Waals surface area contributed by atoms with Crippen molar-refractivity contribution in [2.45, 2.75) is 57.7 Å². The van der Waals surface area contributed by atoms with Crippen molar-refractivity contribution in [2.75, 3.05) is 6.61 Å². The van der Waals surface area contributed by atoms with Gasteiger partial charge in [-0.2, -0.15) is 5.10 Å². The Hall–Kier alpha value is -0.870. The van der Waals surface area contributed by atoms with Gasteiger partial charge in [-0.1, -0.05) is 0 Å². The van der Waals surface area contributed by atoms with Crippen molar-refractivity contribution >= 4 is 0 Å². The first-order valence-corrected chi connectivity index (χ1v) is 6.58. The van der Waals surface area contributed by atoms with E-state index in [0.29, 0.717) is 6.04 Å². The summed E-state index contributed by atoms with van der Waals surface area (Å²) in [5.74, 6) is 0. The number of nitrogens with two attached hydrogens (primary N) is 1. The second-order valence-corrected chi connectivity index (χ2v) is 5.15. The van der Waals surface area contributed by atoms with Gasteiger partial charge in [0.2, 0.25) is 0 Å². The molecule has 1 fully saturated rings. The molecule has 2 atom stereocenters. The molecule has 0 spiro atoms. The Labute approximate surface area is 103 Å². The maximum atomic E-state index is 6.19. The first-order valence-electron chi connectivity index (χ1n) is 6.58. The molecule has 0 saturated carbocycles. The normalized spacial score (nSPS) is 22.9. The molecular formula is C13H23N3O. The van der Waals surface area contributed by atoms with Crippen LogP contribution in [-0.4, -0.2) is 28.5 Å². The molecule has 0 bridgehead atoms. The van der Waals surface area contributed by atoms with Crippen LogP contribution in [-0.2, 0) is 11.2 Å². The van der Waals surface area contributed by atoms with Gasteiger partial charge in [0.25, 0.3) is 0 Å². The van der Waals surface area contributed by atoms with Crippen molar-refractivity contribution in [3.63, 3.8) is 0 Å². The van der Waals surface area contributed by atoms with Crippen molar-refractivity contribution in [3.05, 3.63) is 18.0 Å². The van der Waals surface area contributed by atoms with E-state index in [1.165, 1.54) is 12.8 Å². The summed E-state index contributed by atoms with van der Waals surface area (Å²) in [4.78, 5) is 0. The summed E-state index contributed by atoms with van der Waals surface area (Å²) in [5, 5.41) is 4.53. The second-order valence-electron chi connectivity index (χ2n) is 5.15. The lowest BCUT2D eigenvalue weighted by Crippen LogP contribution is -2.40. The molecule has 0 aliphatic carbocycles. The molecule has 0 radical (unpaired) electrons. The summed E-state index contributed by atoms with van der Waals surface area (Å²) in [6.07, 6.45) is 6.54. The summed E-state index contributed by atoms with van der Waals surface area (Å²) >= 11 is 0. The third kappa shape index (κ3) is 3.30. The predicted molar refractivity (Wildman–Crippen MR) is 67.9 cm³/mol. The Morgan fingerprint density at radius 3 is 2.94 bits per heavy atom. The van der Waals surface area contributed by atoms with E-state index in [9.17, 15) is 0 Å². The zero-order valence-corrected chi connectivity index (χ0v) is 10.8. The fourth-order valence-corrected chi connectivity index (χ4v) is 2.25. The lowest BCUT2D eigenvalue weighted by atomic mass is 9.99. The van der Waals surface area contributed by atoms with Crippen LogP contribution in [0.4, 0.5) is 0 Å². The van der Waals surface area contributed by atoms with Crippen LogP contribution in [0.1, 0.15) is 44.8 Å². The fourth-order valence-electron chi connectivity index (χ4n) is 2.25. The van der Waals surface area contributed by atoms with E-state index in [1.54, 1.807) is 0 Å². The van der Waals surface area contributed by atoms with Gasteiger partial charge in [-0.25, -0.2) is 0 Å². The van der Waals surface area contributed by atoms with Crippen molar-refractivity contribution in [1.29, 1.82) is 0 Å². The molecule has 2 N–H and O–H groups in total. The number of hydrogen-bond donors (Lipinski definition) is 1. The number of ether oxygens (including phenoxy) is 1. The number of rotatable bonds is 4. The van der Waals surface area contributed by atoms with E-state index in [0.717, 1.165) is 25.1 Å². The van der Waals surface area contributed by atoms with Gasteiger partial charge in [0.05, 0.1) is 11.8 Å². The molecule has 1 saturated heterocycles. The average molecular weight is 237 g/mol. The molecule has 1 aliphatic rings. The first-order chi connectivity index (χ1) is 8.16. The van der Waals surface area contributed by atoms with Crippen molar-refractivity contribution in [3.8, 4) is 0 Å². The van der Waals surface area contributed by atoms with E-state index < -0.39 is 0 Å². The highest BCUT2D eigenvalue weighted by atomic mass is 16.5. The highest BCUT2D eigenvalue weighted by Gasteiger charge is 2.22. The molecule has 1 aromatic heterocycles. The minimum atomic E-state index is 0.0748. The van der Waals surface area contributed by atoms with Gasteiger partial charge in [-0.15, -0.1) is 0 Å². The maximum Gasteiger partial charge on any atom is 0.0729 e. The van der Waals surface area contributed by atoms with E-state index in [2.05, 4.69) is 25.0 Å². The Bertz CT molecular complexity index is 342. The van der Waals surface area contributed by atoms with Crippen LogP contribution < -0.4 is 5.73 Å². The van der Waals surface area contributed by atoms with Crippen LogP contribution in [0.5, 0.6) is 0 Å². The van der Waals surface area contributed by atoms with Crippen molar-refractivity contribution in [1.82, 2.24) is 9.78 Å². The predicted octanol–water partition coefficient (Wildman–Crippen LogP) is 1.90. The zero-order valence-electron chi connectivity index (χ0n) is 10.8. The number of nitrogens with zero attached hydrogens (tertiary/aromatic N) is 2. The van der Waals surface area contributed by atoms with Crippen LogP contribution >= 0.6 is 0 Å². The highest BCUT2D eigenvalue weighted by molar-refractivity contribution is 5.03. The van der Waals surface area contributed by atoms with Crippen molar-refractivity contribution in [2.24, 2.45) is 5.73 Å². The molecule has 2 heterocycles. The summed E-state index contributed by atoms with van der Waals surface area (Å²) < 4.78 is 7.68. The number of aromatic nitrogens is 2. The highest BCUT2D eigenvalue weighted by Crippen LogP contribution is 2.17. The summed E-state index contributed by atoms with van der Waals surface area (Å²) in [6, 6.07) is 2.54. The average Bonchev–Trinajstić information content (AvgIpc) is 2.79. The molecule has 4 nitrogen and oxygen atoms in total. The second kappa shape index (κ2) is 5.65. The quantitative estimate of drug-likeness (QED) is 0.870. The van der Waals surface area contributed by atoms with Gasteiger partial charge < -0.3 is 10.5 Å². The minimum Gasteiger partial charge on any atom is -0.377 e. The van der Waals surface area contributed by atoms with Crippen LogP contribution in [0.25, 0.3) is 0 Å². The van der Waals surface area contributed by atoms with Crippen molar-refractivity contribution < 1.29 is 4.74 Å². The molecule has 2 rings (SSSR count). The van der Waals surface area contributed by atoms with Gasteiger partial charge in [0.15, 0.2) is 0 Å². The third-order valence-corrected chi connectivity index (χ3v) is 3.33. The zero-order chi connectivity index (χ0) is 12.3. The third-order valence-electron chi connectivity index (χ3n) is 3.33. The molecule has 96 valence electrons. The topological polar surface area (TPSA) is 53.1 Å². The fraction of sp³-hybridized carbons (Fsp3) is 0.769. The molecule has 0 aromatic carbocycles. The molecule has 17 heavy (non-hydrogen) atoms. The minimum absolute atomic E-state index is 0.0748. The molecule has 2 unspecified atom stereocenters. The molecule has 1 aliphatic heterocycles. The molecule has 1 aromatic rings. The molecule has 0 amide bonds. The molecular weight excluding hydrogens is 214 g/mol. The molecule has 4 heteroatoms. The van der Waals surface area contributed by atoms with Crippen LogP contribution in [0.3, 0.4) is 0 Å². The largest absolute Gasteiger partial charge is 0.377 e. The summed E-state index contributed by atoms with van der Waals surface area (Å²) in [7, 11) is 0. The lowest BCUT2D eigenvalue weighted by Gasteiger charge is -2.27. The summed E-state index contributed by atoms with van der Waals surface area (Å²) in [5.41, 5.74) is 7.26. The van der Waals surface area contributed by atoms with Crippen LogP contribution in [0.15, 0.2) is 12.3 Å². The maximum absolute atomic E-state index is 6.19. The van der Waals surface area contributed by atoms with E-state index >= 15 is 0 Å².